The van der Waals surface area contributed by atoms with Crippen molar-refractivity contribution in [1.29, 1.82) is 5.26 Å². The molecule has 0 bridgehead atoms. The molecule has 3 heterocycles. The third-order valence-corrected chi connectivity index (χ3v) is 16.8. The Morgan fingerprint density at radius 2 is 1.12 bits per heavy atom. The first kappa shape index (κ1) is 73.4. The number of aromatic hydroxyl groups is 1. The molecule has 5 aromatic rings. The number of carbonyl (C=O) groups is 2. The van der Waals surface area contributed by atoms with Crippen LogP contribution in [0.25, 0.3) is 0 Å². The quantitative estimate of drug-likeness (QED) is 0.0684. The molecular weight excluding hydrogens is 1150 g/mol. The van der Waals surface area contributed by atoms with E-state index in [-0.39, 0.29) is 158 Å². The molecule has 0 fully saturated rings. The van der Waals surface area contributed by atoms with Crippen LogP contribution in [0.2, 0.25) is 0 Å². The van der Waals surface area contributed by atoms with Gasteiger partial charge in [0, 0.05) is 11.8 Å². The van der Waals surface area contributed by atoms with Gasteiger partial charge in [-0.05, 0) is 97.6 Å². The molecule has 77 heavy (non-hydrogen) atoms. The molecule has 0 unspecified atom stereocenters. The summed E-state index contributed by atoms with van der Waals surface area (Å²) in [4.78, 5) is 21.8. The molecule has 0 saturated carbocycles. The number of carbonyl (C=O) groups excluding carboxylic acids is 1. The number of hydrogen-bond acceptors (Lipinski definition) is 18. The van der Waals surface area contributed by atoms with Gasteiger partial charge in [-0.1, -0.05) is 104 Å². The second-order valence-electron chi connectivity index (χ2n) is 18.5. The Morgan fingerprint density at radius 1 is 0.688 bits per heavy atom. The summed E-state index contributed by atoms with van der Waals surface area (Å²) in [5, 5.41) is 64.8. The Bertz CT molecular complexity index is 3360. The number of phenolic OH excluding ortho intramolecular Hbond substituents is 1. The first-order valence-corrected chi connectivity index (χ1v) is 28.5. The largest absolute Gasteiger partial charge is 1.00 e. The SMILES string of the molecule is CC#N.CC(C)(C)c1ccc(S(=O)(=O)N=C2C=CSC2=C([O-])[O-])c([O-])c1.CC(C)(C)c1ccc(S(=O)(=O)Nc2ccsc2C(=O)O)c(O)c1.COC(=O)c1sccc1NS(=O)(=O)c1ccc(C(C)(C)C)cc1OC.[Na+].[Na+].[Na+]. The van der Waals surface area contributed by atoms with Gasteiger partial charge < -0.3 is 35.0 Å². The molecule has 3 aromatic carbocycles. The van der Waals surface area contributed by atoms with Crippen LogP contribution in [0, 0.1) is 11.3 Å². The number of nitrogens with zero attached hydrogens (tertiary/aromatic N) is 2. The first-order chi connectivity index (χ1) is 34.1. The van der Waals surface area contributed by atoms with E-state index in [1.807, 2.05) is 62.3 Å². The predicted octanol–water partition coefficient (Wildman–Crippen LogP) is -1.23. The van der Waals surface area contributed by atoms with Gasteiger partial charge in [0.2, 0.25) is 0 Å². The molecule has 2 aromatic heterocycles. The number of hydrogen-bond donors (Lipinski definition) is 4. The molecule has 1 aliphatic rings. The minimum atomic E-state index is -4.30. The van der Waals surface area contributed by atoms with Gasteiger partial charge in [0.05, 0.1) is 42.3 Å². The monoisotopic (exact) mass is 1200 g/mol. The van der Waals surface area contributed by atoms with Crippen molar-refractivity contribution >= 4 is 93.5 Å². The van der Waals surface area contributed by atoms with Crippen LogP contribution in [0.3, 0.4) is 0 Å². The van der Waals surface area contributed by atoms with E-state index in [0.29, 0.717) is 5.56 Å². The average Bonchev–Trinajstić information content (AvgIpc) is 4.07. The molecule has 400 valence electrons. The number of allylic oxidation sites excluding steroid dienone is 2. The van der Waals surface area contributed by atoms with E-state index in [2.05, 4.69) is 18.6 Å². The van der Waals surface area contributed by atoms with Crippen molar-refractivity contribution in [1.82, 2.24) is 0 Å². The van der Waals surface area contributed by atoms with Gasteiger partial charge in [-0.3, -0.25) is 9.44 Å². The van der Waals surface area contributed by atoms with Gasteiger partial charge >= 0.3 is 101 Å². The van der Waals surface area contributed by atoms with E-state index in [4.69, 9.17) is 15.1 Å². The summed E-state index contributed by atoms with van der Waals surface area (Å²) in [6, 6.07) is 18.0. The number of methoxy groups -OCH3 is 2. The Morgan fingerprint density at radius 3 is 1.55 bits per heavy atom. The number of nitriles is 1. The van der Waals surface area contributed by atoms with Crippen LogP contribution >= 0.6 is 34.4 Å². The van der Waals surface area contributed by atoms with Gasteiger partial charge in [-0.2, -0.15) is 24.0 Å². The molecule has 0 atom stereocenters. The molecule has 6 rings (SSSR count). The maximum absolute atomic E-state index is 12.8. The Balaban J connectivity index is 0.00000108. The zero-order valence-corrected chi connectivity index (χ0v) is 56.1. The van der Waals surface area contributed by atoms with Gasteiger partial charge in [0.1, 0.15) is 31.0 Å². The van der Waals surface area contributed by atoms with E-state index in [1.165, 1.54) is 80.5 Å². The van der Waals surface area contributed by atoms with Crippen LogP contribution in [0.5, 0.6) is 17.2 Å². The number of thiophene rings is 2. The molecule has 0 radical (unpaired) electrons. The molecule has 19 nitrogen and oxygen atoms in total. The van der Waals surface area contributed by atoms with Gasteiger partial charge in [-0.15, -0.1) is 22.7 Å². The number of rotatable bonds is 11. The number of ether oxygens (including phenoxy) is 2. The summed E-state index contributed by atoms with van der Waals surface area (Å²) in [6.07, 6.45) is 1.25. The van der Waals surface area contributed by atoms with Crippen molar-refractivity contribution in [3.05, 3.63) is 126 Å². The van der Waals surface area contributed by atoms with Gasteiger partial charge in [-0.25, -0.2) is 26.4 Å². The van der Waals surface area contributed by atoms with Crippen molar-refractivity contribution in [2.75, 3.05) is 23.7 Å². The van der Waals surface area contributed by atoms with Crippen molar-refractivity contribution in [3.63, 3.8) is 0 Å². The molecule has 0 aliphatic carbocycles. The van der Waals surface area contributed by atoms with Gasteiger partial charge in [0.25, 0.3) is 30.1 Å². The summed E-state index contributed by atoms with van der Waals surface area (Å²) >= 11 is 2.82. The maximum atomic E-state index is 12.8. The van der Waals surface area contributed by atoms with Crippen molar-refractivity contribution in [2.24, 2.45) is 4.40 Å². The zero-order chi connectivity index (χ0) is 56.4. The molecule has 0 spiro atoms. The summed E-state index contributed by atoms with van der Waals surface area (Å²) in [5.41, 5.74) is 1.67. The minimum Gasteiger partial charge on any atom is -0.883 e. The first-order valence-electron chi connectivity index (χ1n) is 21.5. The maximum Gasteiger partial charge on any atom is 1.00 e. The van der Waals surface area contributed by atoms with Crippen LogP contribution in [-0.4, -0.2) is 67.3 Å². The number of thioether (sulfide) groups is 1. The summed E-state index contributed by atoms with van der Waals surface area (Å²) in [7, 11) is -9.66. The van der Waals surface area contributed by atoms with Crippen molar-refractivity contribution in [3.8, 4) is 23.3 Å². The third-order valence-electron chi connectivity index (χ3n) is 9.95. The number of carboxylic acids is 1. The van der Waals surface area contributed by atoms with Gasteiger partial charge in [0.15, 0.2) is 0 Å². The number of sulfonamides is 3. The molecule has 1 aliphatic heterocycles. The van der Waals surface area contributed by atoms with Crippen molar-refractivity contribution < 1.29 is 159 Å². The Labute approximate surface area is 529 Å². The zero-order valence-electron chi connectivity index (χ0n) is 45.2. The van der Waals surface area contributed by atoms with Crippen molar-refractivity contribution in [2.45, 2.75) is 100 Å². The van der Waals surface area contributed by atoms with Crippen LogP contribution in [0.1, 0.15) is 105 Å². The standard InChI is InChI=1S/C17H21NO5S2.2C15H17NO5S2.C2H3N.3Na/c1-17(2,3)11-6-7-14(13(10-11)22-4)25(20,21)18-12-8-9-24-15(12)16(19)23-5;2*1-15(2,3)9-4-5-12(11(17)8-9)23(20,21)16-10-6-7-22-13(10)14(18)19;1-2-3;;;/h6-10,18H,1-5H3;4-8,17-19H,1-3H3;4-8,16-17H,1-3H3,(H,18,19);1H3;;;/q;;;;3*+1/p-3. The number of carboxylic acid groups (broad SMARTS) is 1. The molecular formula is C49H55N4Na3O15S6. The van der Waals surface area contributed by atoms with Crippen LogP contribution in [-0.2, 0) is 51.1 Å². The molecule has 0 amide bonds. The number of nitrogens with one attached hydrogen (secondary N) is 2. The molecule has 0 saturated heterocycles. The fourth-order valence-corrected chi connectivity index (χ4v) is 11.8. The Kier molecular flexibility index (Phi) is 28.9. The van der Waals surface area contributed by atoms with E-state index < -0.39 is 58.6 Å². The molecule has 28 heteroatoms. The number of benzene rings is 3. The second kappa shape index (κ2) is 30.3. The number of anilines is 2. The topological polar surface area (TPSA) is 325 Å². The number of esters is 1. The van der Waals surface area contributed by atoms with E-state index >= 15 is 0 Å². The average molecular weight is 1200 g/mol. The predicted molar refractivity (Wildman–Crippen MR) is 281 cm³/mol. The fraction of sp³-hybridized carbons (Fsp3) is 0.306. The fourth-order valence-electron chi connectivity index (χ4n) is 6.06. The smallest absolute Gasteiger partial charge is 0.883 e. The second-order valence-corrected chi connectivity index (χ2v) is 26.1. The van der Waals surface area contributed by atoms with E-state index in [9.17, 15) is 55.3 Å². The summed E-state index contributed by atoms with van der Waals surface area (Å²) in [6.45, 7) is 19.1. The molecule has 4 N–H and O–H groups in total. The normalized spacial score (nSPS) is 12.7. The number of phenols is 1. The summed E-state index contributed by atoms with van der Waals surface area (Å²) < 4.78 is 92.9. The minimum absolute atomic E-state index is 0. The van der Waals surface area contributed by atoms with E-state index in [1.54, 1.807) is 35.7 Å². The summed E-state index contributed by atoms with van der Waals surface area (Å²) in [5.74, 6) is -4.13. The van der Waals surface area contributed by atoms with Crippen LogP contribution < -0.4 is 118 Å². The Hall–Kier alpha value is -3.56. The van der Waals surface area contributed by atoms with Crippen LogP contribution in [0.4, 0.5) is 11.4 Å². The third kappa shape index (κ3) is 20.5. The van der Waals surface area contributed by atoms with Crippen LogP contribution in [0.15, 0.2) is 119 Å². The number of aromatic carboxylic acids is 1. The van der Waals surface area contributed by atoms with E-state index in [0.717, 1.165) is 45.6 Å².